The van der Waals surface area contributed by atoms with Crippen molar-refractivity contribution in [2.45, 2.75) is 51.2 Å². The fourth-order valence-electron chi connectivity index (χ4n) is 1.94. The van der Waals surface area contributed by atoms with Crippen molar-refractivity contribution in [3.8, 4) is 0 Å². The van der Waals surface area contributed by atoms with Crippen LogP contribution >= 0.6 is 0 Å². The lowest BCUT2D eigenvalue weighted by molar-refractivity contribution is 0.497. The normalized spacial score (nSPS) is 17.6. The van der Waals surface area contributed by atoms with E-state index in [-0.39, 0.29) is 5.69 Å². The maximum atomic E-state index is 11.9. The average molecular weight is 223 g/mol. The molecule has 0 saturated heterocycles. The molecule has 1 N–H and O–H groups in total. The van der Waals surface area contributed by atoms with Gasteiger partial charge >= 0.3 is 5.69 Å². The number of rotatable bonds is 6. The molecule has 0 spiro atoms. The predicted molar refractivity (Wildman–Crippen MR) is 64.7 cm³/mol. The first-order valence-corrected chi connectivity index (χ1v) is 6.17. The van der Waals surface area contributed by atoms with Crippen molar-refractivity contribution in [1.29, 1.82) is 0 Å². The standard InChI is InChI=1S/C12H21N3O/c1-10(13-2)4-3-7-14-8-9-15(12(14)16)11-5-6-11/h8-11,13H,3-7H2,1-2H3. The molecular weight excluding hydrogens is 202 g/mol. The zero-order chi connectivity index (χ0) is 11.5. The molecule has 1 atom stereocenters. The van der Waals surface area contributed by atoms with Crippen LogP contribution in [0.3, 0.4) is 0 Å². The maximum absolute atomic E-state index is 11.9. The molecule has 1 aliphatic rings. The van der Waals surface area contributed by atoms with Crippen LogP contribution in [0.25, 0.3) is 0 Å². The number of hydrogen-bond donors (Lipinski definition) is 1. The molecular formula is C12H21N3O. The molecule has 90 valence electrons. The van der Waals surface area contributed by atoms with Gasteiger partial charge in [0, 0.05) is 31.0 Å². The Morgan fingerprint density at radius 3 is 2.88 bits per heavy atom. The zero-order valence-electron chi connectivity index (χ0n) is 10.1. The van der Waals surface area contributed by atoms with E-state index in [0.29, 0.717) is 12.1 Å². The summed E-state index contributed by atoms with van der Waals surface area (Å²) in [6, 6.07) is 1.02. The lowest BCUT2D eigenvalue weighted by atomic mass is 10.2. The molecule has 1 saturated carbocycles. The molecule has 1 heterocycles. The van der Waals surface area contributed by atoms with Crippen molar-refractivity contribution >= 4 is 0 Å². The van der Waals surface area contributed by atoms with Crippen molar-refractivity contribution in [1.82, 2.24) is 14.5 Å². The Morgan fingerprint density at radius 2 is 2.25 bits per heavy atom. The highest BCUT2D eigenvalue weighted by Crippen LogP contribution is 2.33. The van der Waals surface area contributed by atoms with Crippen LogP contribution in [0.5, 0.6) is 0 Å². The Morgan fingerprint density at radius 1 is 1.50 bits per heavy atom. The number of nitrogens with one attached hydrogen (secondary N) is 1. The van der Waals surface area contributed by atoms with E-state index < -0.39 is 0 Å². The Kier molecular flexibility index (Phi) is 3.49. The number of nitrogens with zero attached hydrogens (tertiary/aromatic N) is 2. The van der Waals surface area contributed by atoms with E-state index in [2.05, 4.69) is 12.2 Å². The third-order valence-corrected chi connectivity index (χ3v) is 3.34. The highest BCUT2D eigenvalue weighted by molar-refractivity contribution is 4.91. The van der Waals surface area contributed by atoms with Crippen LogP contribution in [-0.4, -0.2) is 22.2 Å². The molecule has 4 nitrogen and oxygen atoms in total. The summed E-state index contributed by atoms with van der Waals surface area (Å²) in [4.78, 5) is 11.9. The molecule has 0 bridgehead atoms. The summed E-state index contributed by atoms with van der Waals surface area (Å²) in [6.07, 6.45) is 8.35. The summed E-state index contributed by atoms with van der Waals surface area (Å²) in [6.45, 7) is 3.00. The van der Waals surface area contributed by atoms with Gasteiger partial charge in [-0.25, -0.2) is 4.79 Å². The number of aromatic nitrogens is 2. The number of imidazole rings is 1. The fourth-order valence-corrected chi connectivity index (χ4v) is 1.94. The third-order valence-electron chi connectivity index (χ3n) is 3.34. The molecule has 0 amide bonds. The second-order valence-corrected chi connectivity index (χ2v) is 4.74. The number of aryl methyl sites for hydroxylation is 1. The van der Waals surface area contributed by atoms with E-state index in [0.717, 1.165) is 19.4 Å². The minimum absolute atomic E-state index is 0.166. The number of hydrogen-bond acceptors (Lipinski definition) is 2. The van der Waals surface area contributed by atoms with Gasteiger partial charge in [-0.05, 0) is 39.7 Å². The van der Waals surface area contributed by atoms with E-state index >= 15 is 0 Å². The molecule has 0 radical (unpaired) electrons. The van der Waals surface area contributed by atoms with Gasteiger partial charge in [0.25, 0.3) is 0 Å². The summed E-state index contributed by atoms with van der Waals surface area (Å²) in [5, 5.41) is 3.21. The van der Waals surface area contributed by atoms with Crippen LogP contribution in [0.1, 0.15) is 38.6 Å². The molecule has 1 aromatic rings. The predicted octanol–water partition coefficient (Wildman–Crippen LogP) is 1.37. The van der Waals surface area contributed by atoms with Gasteiger partial charge in [-0.3, -0.25) is 9.13 Å². The van der Waals surface area contributed by atoms with Gasteiger partial charge in [-0.15, -0.1) is 0 Å². The first-order valence-electron chi connectivity index (χ1n) is 6.17. The Bertz CT molecular complexity index is 389. The summed E-state index contributed by atoms with van der Waals surface area (Å²) >= 11 is 0. The van der Waals surface area contributed by atoms with Gasteiger partial charge < -0.3 is 5.32 Å². The summed E-state index contributed by atoms with van der Waals surface area (Å²) < 4.78 is 3.71. The smallest absolute Gasteiger partial charge is 0.317 e. The molecule has 1 aromatic heterocycles. The van der Waals surface area contributed by atoms with E-state index in [1.807, 2.05) is 28.6 Å². The van der Waals surface area contributed by atoms with Gasteiger partial charge in [0.05, 0.1) is 0 Å². The van der Waals surface area contributed by atoms with Gasteiger partial charge in [0.1, 0.15) is 0 Å². The minimum atomic E-state index is 0.166. The van der Waals surface area contributed by atoms with Crippen molar-refractivity contribution in [2.24, 2.45) is 0 Å². The molecule has 16 heavy (non-hydrogen) atoms. The van der Waals surface area contributed by atoms with Crippen LogP contribution in [0.15, 0.2) is 17.2 Å². The summed E-state index contributed by atoms with van der Waals surface area (Å²) in [5.74, 6) is 0. The quantitative estimate of drug-likeness (QED) is 0.791. The first-order chi connectivity index (χ1) is 7.72. The fraction of sp³-hybridized carbons (Fsp3) is 0.750. The van der Waals surface area contributed by atoms with Gasteiger partial charge in [0.15, 0.2) is 0 Å². The Hall–Kier alpha value is -1.03. The lowest BCUT2D eigenvalue weighted by Gasteiger charge is -2.09. The molecule has 0 aromatic carbocycles. The molecule has 4 heteroatoms. The van der Waals surface area contributed by atoms with Crippen LogP contribution < -0.4 is 11.0 Å². The van der Waals surface area contributed by atoms with Crippen LogP contribution in [0.4, 0.5) is 0 Å². The van der Waals surface area contributed by atoms with Crippen LogP contribution in [-0.2, 0) is 6.54 Å². The van der Waals surface area contributed by atoms with E-state index in [4.69, 9.17) is 0 Å². The Labute approximate surface area is 96.3 Å². The van der Waals surface area contributed by atoms with Crippen LogP contribution in [0, 0.1) is 0 Å². The first kappa shape index (κ1) is 11.5. The largest absolute Gasteiger partial charge is 0.328 e. The molecule has 2 rings (SSSR count). The summed E-state index contributed by atoms with van der Waals surface area (Å²) in [7, 11) is 1.97. The summed E-state index contributed by atoms with van der Waals surface area (Å²) in [5.41, 5.74) is 0.166. The molecule has 0 aliphatic heterocycles. The van der Waals surface area contributed by atoms with E-state index in [9.17, 15) is 4.79 Å². The van der Waals surface area contributed by atoms with Gasteiger partial charge in [0.2, 0.25) is 0 Å². The zero-order valence-corrected chi connectivity index (χ0v) is 10.1. The molecule has 1 fully saturated rings. The average Bonchev–Trinajstić information content (AvgIpc) is 3.05. The van der Waals surface area contributed by atoms with Crippen molar-refractivity contribution in [2.75, 3.05) is 7.05 Å². The Balaban J connectivity index is 1.87. The molecule has 1 aliphatic carbocycles. The van der Waals surface area contributed by atoms with Gasteiger partial charge in [-0.2, -0.15) is 0 Å². The van der Waals surface area contributed by atoms with E-state index in [1.165, 1.54) is 12.8 Å². The van der Waals surface area contributed by atoms with Crippen molar-refractivity contribution < 1.29 is 0 Å². The monoisotopic (exact) mass is 223 g/mol. The van der Waals surface area contributed by atoms with Crippen molar-refractivity contribution in [3.63, 3.8) is 0 Å². The second-order valence-electron chi connectivity index (χ2n) is 4.74. The van der Waals surface area contributed by atoms with E-state index in [1.54, 1.807) is 0 Å². The van der Waals surface area contributed by atoms with Crippen LogP contribution in [0.2, 0.25) is 0 Å². The third kappa shape index (κ3) is 2.55. The topological polar surface area (TPSA) is 39.0 Å². The van der Waals surface area contributed by atoms with Crippen molar-refractivity contribution in [3.05, 3.63) is 22.9 Å². The molecule has 1 unspecified atom stereocenters. The highest BCUT2D eigenvalue weighted by atomic mass is 16.1. The minimum Gasteiger partial charge on any atom is -0.317 e. The second kappa shape index (κ2) is 4.87. The SMILES string of the molecule is CNC(C)CCCn1ccn(C2CC2)c1=O. The highest BCUT2D eigenvalue weighted by Gasteiger charge is 2.25. The van der Waals surface area contributed by atoms with Gasteiger partial charge in [-0.1, -0.05) is 0 Å². The maximum Gasteiger partial charge on any atom is 0.328 e. The lowest BCUT2D eigenvalue weighted by Crippen LogP contribution is -2.25.